The summed E-state index contributed by atoms with van der Waals surface area (Å²) in [4.78, 5) is 11.1. The van der Waals surface area contributed by atoms with Crippen molar-refractivity contribution in [1.82, 2.24) is 0 Å². The SMILES string of the molecule is O=C(O)CC(c1ccc2c(c1)OC1(CCC1)O2)C1CC1. The summed E-state index contributed by atoms with van der Waals surface area (Å²) in [5.41, 5.74) is 1.08. The van der Waals surface area contributed by atoms with Crippen LogP contribution in [0.5, 0.6) is 11.5 Å². The summed E-state index contributed by atoms with van der Waals surface area (Å²) in [5.74, 6) is 1.08. The number of aliphatic carboxylic acids is 1. The molecule has 4 rings (SSSR count). The smallest absolute Gasteiger partial charge is 0.303 e. The Hall–Kier alpha value is -1.71. The van der Waals surface area contributed by atoms with E-state index in [0.717, 1.165) is 49.2 Å². The largest absolute Gasteiger partial charge is 0.481 e. The highest BCUT2D eigenvalue weighted by molar-refractivity contribution is 5.68. The van der Waals surface area contributed by atoms with Gasteiger partial charge in [-0.1, -0.05) is 6.07 Å². The minimum atomic E-state index is -0.727. The van der Waals surface area contributed by atoms with E-state index < -0.39 is 11.8 Å². The summed E-state index contributed by atoms with van der Waals surface area (Å²) >= 11 is 0. The van der Waals surface area contributed by atoms with Crippen LogP contribution in [-0.4, -0.2) is 16.9 Å². The van der Waals surface area contributed by atoms with E-state index in [0.29, 0.717) is 5.92 Å². The highest BCUT2D eigenvalue weighted by Crippen LogP contribution is 2.51. The first kappa shape index (κ1) is 12.1. The van der Waals surface area contributed by atoms with Gasteiger partial charge < -0.3 is 14.6 Å². The quantitative estimate of drug-likeness (QED) is 0.915. The third kappa shape index (κ3) is 1.94. The lowest BCUT2D eigenvalue weighted by Crippen LogP contribution is -2.45. The predicted molar refractivity (Wildman–Crippen MR) is 72.0 cm³/mol. The summed E-state index contributed by atoms with van der Waals surface area (Å²) in [6, 6.07) is 5.94. The molecular formula is C16H18O4. The molecule has 106 valence electrons. The number of hydrogen-bond acceptors (Lipinski definition) is 3. The van der Waals surface area contributed by atoms with Crippen molar-refractivity contribution in [2.24, 2.45) is 5.92 Å². The first-order chi connectivity index (χ1) is 9.65. The van der Waals surface area contributed by atoms with Crippen molar-refractivity contribution in [2.75, 3.05) is 0 Å². The van der Waals surface area contributed by atoms with Crippen LogP contribution in [0.4, 0.5) is 0 Å². The second-order valence-electron chi connectivity index (χ2n) is 6.22. The van der Waals surface area contributed by atoms with Gasteiger partial charge in [0.05, 0.1) is 6.42 Å². The highest BCUT2D eigenvalue weighted by Gasteiger charge is 2.47. The minimum Gasteiger partial charge on any atom is -0.481 e. The highest BCUT2D eigenvalue weighted by atomic mass is 16.7. The normalized spacial score (nSPS) is 23.4. The van der Waals surface area contributed by atoms with Gasteiger partial charge >= 0.3 is 5.97 Å². The molecule has 0 amide bonds. The Morgan fingerprint density at radius 3 is 2.65 bits per heavy atom. The van der Waals surface area contributed by atoms with Gasteiger partial charge in [0.2, 0.25) is 0 Å². The van der Waals surface area contributed by atoms with Crippen LogP contribution in [0.2, 0.25) is 0 Å². The number of rotatable bonds is 4. The summed E-state index contributed by atoms with van der Waals surface area (Å²) in [7, 11) is 0. The average molecular weight is 274 g/mol. The van der Waals surface area contributed by atoms with E-state index in [1.54, 1.807) is 0 Å². The van der Waals surface area contributed by atoms with Crippen molar-refractivity contribution in [2.45, 2.75) is 50.2 Å². The van der Waals surface area contributed by atoms with Gasteiger partial charge in [0.15, 0.2) is 11.5 Å². The van der Waals surface area contributed by atoms with Crippen LogP contribution in [-0.2, 0) is 4.79 Å². The molecule has 1 aromatic rings. The lowest BCUT2D eigenvalue weighted by molar-refractivity contribution is -0.139. The Labute approximate surface area is 117 Å². The summed E-state index contributed by atoms with van der Waals surface area (Å²) in [5, 5.41) is 9.09. The Balaban J connectivity index is 1.60. The lowest BCUT2D eigenvalue weighted by atomic mass is 9.91. The first-order valence-corrected chi connectivity index (χ1v) is 7.39. The van der Waals surface area contributed by atoms with Gasteiger partial charge in [0.25, 0.3) is 5.79 Å². The minimum absolute atomic E-state index is 0.111. The molecule has 4 heteroatoms. The number of carboxylic acid groups (broad SMARTS) is 1. The summed E-state index contributed by atoms with van der Waals surface area (Å²) in [6.07, 6.45) is 5.50. The standard InChI is InChI=1S/C16H18O4/c17-15(18)9-12(10-2-3-10)11-4-5-13-14(8-11)20-16(19-13)6-1-7-16/h4-5,8,10,12H,1-3,6-7,9H2,(H,17,18). The average Bonchev–Trinajstić information content (AvgIpc) is 3.12. The number of hydrogen-bond donors (Lipinski definition) is 1. The predicted octanol–water partition coefficient (Wildman–Crippen LogP) is 3.31. The maximum atomic E-state index is 11.1. The molecule has 2 fully saturated rings. The fraction of sp³-hybridized carbons (Fsp3) is 0.562. The molecule has 20 heavy (non-hydrogen) atoms. The van der Waals surface area contributed by atoms with Crippen LogP contribution in [0.1, 0.15) is 50.0 Å². The number of carboxylic acids is 1. The third-order valence-electron chi connectivity index (χ3n) is 4.69. The van der Waals surface area contributed by atoms with Crippen molar-refractivity contribution >= 4 is 5.97 Å². The van der Waals surface area contributed by atoms with Crippen LogP contribution < -0.4 is 9.47 Å². The zero-order valence-electron chi connectivity index (χ0n) is 11.3. The Bertz CT molecular complexity index is 558. The molecule has 0 bridgehead atoms. The Kier molecular flexibility index (Phi) is 2.50. The van der Waals surface area contributed by atoms with E-state index in [2.05, 4.69) is 0 Å². The maximum absolute atomic E-state index is 11.1. The third-order valence-corrected chi connectivity index (χ3v) is 4.69. The van der Waals surface area contributed by atoms with Crippen molar-refractivity contribution in [3.05, 3.63) is 23.8 Å². The molecule has 3 aliphatic rings. The topological polar surface area (TPSA) is 55.8 Å². The number of benzene rings is 1. The fourth-order valence-electron chi connectivity index (χ4n) is 3.25. The van der Waals surface area contributed by atoms with Gasteiger partial charge in [-0.25, -0.2) is 0 Å². The second kappa shape index (κ2) is 4.14. The zero-order chi connectivity index (χ0) is 13.7. The lowest BCUT2D eigenvalue weighted by Gasteiger charge is -2.35. The van der Waals surface area contributed by atoms with Crippen LogP contribution >= 0.6 is 0 Å². The van der Waals surface area contributed by atoms with Crippen molar-refractivity contribution in [1.29, 1.82) is 0 Å². The molecule has 4 nitrogen and oxygen atoms in total. The van der Waals surface area contributed by atoms with Crippen LogP contribution in [0.3, 0.4) is 0 Å². The molecule has 0 saturated heterocycles. The van der Waals surface area contributed by atoms with Gasteiger partial charge in [-0.3, -0.25) is 4.79 Å². The van der Waals surface area contributed by atoms with Crippen LogP contribution in [0.25, 0.3) is 0 Å². The van der Waals surface area contributed by atoms with Gasteiger partial charge in [-0.2, -0.15) is 0 Å². The summed E-state index contributed by atoms with van der Waals surface area (Å²) < 4.78 is 11.8. The number of fused-ring (bicyclic) bond motifs is 1. The molecule has 1 aliphatic heterocycles. The molecule has 2 aliphatic carbocycles. The maximum Gasteiger partial charge on any atom is 0.303 e. The van der Waals surface area contributed by atoms with Gasteiger partial charge in [-0.05, 0) is 48.8 Å². The molecule has 1 heterocycles. The molecule has 0 aromatic heterocycles. The van der Waals surface area contributed by atoms with Gasteiger partial charge in [-0.15, -0.1) is 0 Å². The van der Waals surface area contributed by atoms with Crippen molar-refractivity contribution in [3.63, 3.8) is 0 Å². The van der Waals surface area contributed by atoms with E-state index in [9.17, 15) is 4.79 Å². The number of ether oxygens (including phenoxy) is 2. The second-order valence-corrected chi connectivity index (χ2v) is 6.22. The molecule has 0 radical (unpaired) electrons. The van der Waals surface area contributed by atoms with Crippen LogP contribution in [0.15, 0.2) is 18.2 Å². The molecule has 1 spiro atoms. The first-order valence-electron chi connectivity index (χ1n) is 7.39. The van der Waals surface area contributed by atoms with E-state index >= 15 is 0 Å². The van der Waals surface area contributed by atoms with Gasteiger partial charge in [0, 0.05) is 12.8 Å². The van der Waals surface area contributed by atoms with E-state index in [1.807, 2.05) is 18.2 Å². The van der Waals surface area contributed by atoms with E-state index in [4.69, 9.17) is 14.6 Å². The van der Waals surface area contributed by atoms with E-state index in [-0.39, 0.29) is 12.3 Å². The molecule has 1 N–H and O–H groups in total. The van der Waals surface area contributed by atoms with Crippen LogP contribution in [0, 0.1) is 5.92 Å². The molecular weight excluding hydrogens is 256 g/mol. The molecule has 1 aromatic carbocycles. The van der Waals surface area contributed by atoms with Gasteiger partial charge in [0.1, 0.15) is 0 Å². The Morgan fingerprint density at radius 1 is 1.30 bits per heavy atom. The van der Waals surface area contributed by atoms with E-state index in [1.165, 1.54) is 0 Å². The molecule has 2 saturated carbocycles. The van der Waals surface area contributed by atoms with Crippen molar-refractivity contribution < 1.29 is 19.4 Å². The fourth-order valence-corrected chi connectivity index (χ4v) is 3.25. The molecule has 1 unspecified atom stereocenters. The monoisotopic (exact) mass is 274 g/mol. The van der Waals surface area contributed by atoms with Crippen molar-refractivity contribution in [3.8, 4) is 11.5 Å². The zero-order valence-corrected chi connectivity index (χ0v) is 11.3. The molecule has 1 atom stereocenters. The number of carbonyl (C=O) groups is 1. The summed E-state index contributed by atoms with van der Waals surface area (Å²) in [6.45, 7) is 0. The Morgan fingerprint density at radius 2 is 2.05 bits per heavy atom.